The Kier molecular flexibility index (Phi) is 4.79. The van der Waals surface area contributed by atoms with Gasteiger partial charge in [0, 0.05) is 33.3 Å². The summed E-state index contributed by atoms with van der Waals surface area (Å²) in [4.78, 5) is 16.0. The van der Waals surface area contributed by atoms with Gasteiger partial charge < -0.3 is 9.64 Å². The molecule has 2 aliphatic rings. The minimum absolute atomic E-state index is 0.124. The largest absolute Gasteiger partial charge is 0.381 e. The van der Waals surface area contributed by atoms with Crippen LogP contribution in [-0.4, -0.2) is 67.8 Å². The average molecular weight is 272 g/mol. The van der Waals surface area contributed by atoms with E-state index in [0.717, 1.165) is 31.8 Å². The summed E-state index contributed by atoms with van der Waals surface area (Å²) in [6.07, 6.45) is 2.64. The van der Waals surface area contributed by atoms with Crippen LogP contribution in [0.5, 0.6) is 0 Å². The zero-order chi connectivity index (χ0) is 13.9. The van der Waals surface area contributed by atoms with Gasteiger partial charge in [-0.1, -0.05) is 6.92 Å². The Bertz CT molecular complexity index is 319. The minimum atomic E-state index is -1.27. The molecule has 2 rings (SSSR count). The van der Waals surface area contributed by atoms with E-state index in [1.165, 1.54) is 7.11 Å². The fourth-order valence-electron chi connectivity index (χ4n) is 2.98. The number of amides is 1. The molecule has 0 bridgehead atoms. The molecule has 0 spiro atoms. The highest BCUT2D eigenvalue weighted by molar-refractivity contribution is 5.78. The second kappa shape index (κ2) is 6.18. The van der Waals surface area contributed by atoms with Crippen LogP contribution in [0.4, 0.5) is 4.39 Å². The number of piperidine rings is 1. The lowest BCUT2D eigenvalue weighted by Crippen LogP contribution is -2.44. The van der Waals surface area contributed by atoms with Crippen LogP contribution in [0.2, 0.25) is 0 Å². The van der Waals surface area contributed by atoms with Crippen molar-refractivity contribution in [2.75, 3.05) is 46.4 Å². The van der Waals surface area contributed by atoms with Gasteiger partial charge in [0.1, 0.15) is 5.67 Å². The fraction of sp³-hybridized carbons (Fsp3) is 0.929. The first kappa shape index (κ1) is 14.7. The Labute approximate surface area is 114 Å². The Morgan fingerprint density at radius 1 is 1.37 bits per heavy atom. The molecule has 0 N–H and O–H groups in total. The standard InChI is InChI=1S/C14H25FN2O2/c1-12-3-6-17(7-4-12)13(18)9-16-8-5-14(15,10-16)11-19-2/h12H,3-11H2,1-2H3. The normalized spacial score (nSPS) is 29.9. The Morgan fingerprint density at radius 2 is 2.05 bits per heavy atom. The quantitative estimate of drug-likeness (QED) is 0.773. The first-order valence-corrected chi connectivity index (χ1v) is 7.20. The average Bonchev–Trinajstić information content (AvgIpc) is 2.72. The van der Waals surface area contributed by atoms with Gasteiger partial charge >= 0.3 is 0 Å². The molecule has 2 saturated heterocycles. The van der Waals surface area contributed by atoms with E-state index in [4.69, 9.17) is 4.74 Å². The van der Waals surface area contributed by atoms with Crippen LogP contribution in [0.3, 0.4) is 0 Å². The molecule has 1 atom stereocenters. The second-order valence-electron chi connectivity index (χ2n) is 6.11. The molecule has 0 saturated carbocycles. The molecule has 0 aromatic heterocycles. The van der Waals surface area contributed by atoms with Gasteiger partial charge in [-0.2, -0.15) is 0 Å². The van der Waals surface area contributed by atoms with Gasteiger partial charge in [-0.15, -0.1) is 0 Å². The van der Waals surface area contributed by atoms with E-state index in [-0.39, 0.29) is 12.5 Å². The van der Waals surface area contributed by atoms with Gasteiger partial charge in [-0.25, -0.2) is 4.39 Å². The lowest BCUT2D eigenvalue weighted by Gasteiger charge is -2.31. The molecule has 1 unspecified atom stereocenters. The minimum Gasteiger partial charge on any atom is -0.381 e. The topological polar surface area (TPSA) is 32.8 Å². The fourth-order valence-corrected chi connectivity index (χ4v) is 2.98. The molecule has 5 heteroatoms. The first-order chi connectivity index (χ1) is 9.02. The third-order valence-electron chi connectivity index (χ3n) is 4.28. The van der Waals surface area contributed by atoms with Gasteiger partial charge in [0.2, 0.25) is 5.91 Å². The summed E-state index contributed by atoms with van der Waals surface area (Å²) in [5.41, 5.74) is -1.27. The molecule has 2 fully saturated rings. The molecule has 19 heavy (non-hydrogen) atoms. The van der Waals surface area contributed by atoms with Crippen LogP contribution in [0, 0.1) is 5.92 Å². The van der Waals surface area contributed by atoms with Crippen LogP contribution in [0.25, 0.3) is 0 Å². The Morgan fingerprint density at radius 3 is 2.68 bits per heavy atom. The van der Waals surface area contributed by atoms with E-state index in [1.807, 2.05) is 9.80 Å². The van der Waals surface area contributed by atoms with Crippen LogP contribution >= 0.6 is 0 Å². The predicted molar refractivity (Wildman–Crippen MR) is 71.8 cm³/mol. The number of ether oxygens (including phenoxy) is 1. The van der Waals surface area contributed by atoms with Crippen molar-refractivity contribution >= 4 is 5.91 Å². The molecule has 4 nitrogen and oxygen atoms in total. The lowest BCUT2D eigenvalue weighted by molar-refractivity contribution is -0.133. The highest BCUT2D eigenvalue weighted by atomic mass is 19.1. The second-order valence-corrected chi connectivity index (χ2v) is 6.11. The van der Waals surface area contributed by atoms with E-state index in [2.05, 4.69) is 6.92 Å². The maximum Gasteiger partial charge on any atom is 0.236 e. The van der Waals surface area contributed by atoms with Crippen molar-refractivity contribution in [3.63, 3.8) is 0 Å². The summed E-state index contributed by atoms with van der Waals surface area (Å²) < 4.78 is 19.1. The Hall–Kier alpha value is -0.680. The van der Waals surface area contributed by atoms with Crippen molar-refractivity contribution in [3.8, 4) is 0 Å². The highest BCUT2D eigenvalue weighted by Crippen LogP contribution is 2.26. The number of carbonyl (C=O) groups is 1. The van der Waals surface area contributed by atoms with Crippen LogP contribution in [0.1, 0.15) is 26.2 Å². The molecule has 2 heterocycles. The number of halogens is 1. The maximum absolute atomic E-state index is 14.2. The van der Waals surface area contributed by atoms with Crippen molar-refractivity contribution in [2.45, 2.75) is 31.9 Å². The monoisotopic (exact) mass is 272 g/mol. The Balaban J connectivity index is 1.77. The van der Waals surface area contributed by atoms with Crippen molar-refractivity contribution in [1.29, 1.82) is 0 Å². The first-order valence-electron chi connectivity index (χ1n) is 7.20. The zero-order valence-electron chi connectivity index (χ0n) is 12.0. The van der Waals surface area contributed by atoms with Crippen molar-refractivity contribution < 1.29 is 13.9 Å². The van der Waals surface area contributed by atoms with Crippen molar-refractivity contribution in [2.24, 2.45) is 5.92 Å². The van der Waals surface area contributed by atoms with E-state index in [9.17, 15) is 9.18 Å². The van der Waals surface area contributed by atoms with E-state index in [1.54, 1.807) is 0 Å². The van der Waals surface area contributed by atoms with Gasteiger partial charge in [0.25, 0.3) is 0 Å². The summed E-state index contributed by atoms with van der Waals surface area (Å²) in [7, 11) is 1.52. The van der Waals surface area contributed by atoms with Crippen LogP contribution in [0.15, 0.2) is 0 Å². The number of hydrogen-bond donors (Lipinski definition) is 0. The lowest BCUT2D eigenvalue weighted by atomic mass is 9.99. The number of carbonyl (C=O) groups excluding carboxylic acids is 1. The zero-order valence-corrected chi connectivity index (χ0v) is 12.0. The molecular weight excluding hydrogens is 247 g/mol. The van der Waals surface area contributed by atoms with Crippen molar-refractivity contribution in [3.05, 3.63) is 0 Å². The number of nitrogens with zero attached hydrogens (tertiary/aromatic N) is 2. The van der Waals surface area contributed by atoms with Crippen LogP contribution < -0.4 is 0 Å². The number of likely N-dealkylation sites (tertiary alicyclic amines) is 2. The number of methoxy groups -OCH3 is 1. The van der Waals surface area contributed by atoms with E-state index >= 15 is 0 Å². The third-order valence-corrected chi connectivity index (χ3v) is 4.28. The molecule has 2 aliphatic heterocycles. The van der Waals surface area contributed by atoms with Gasteiger partial charge in [-0.3, -0.25) is 9.69 Å². The molecule has 0 aliphatic carbocycles. The van der Waals surface area contributed by atoms with Crippen LogP contribution in [-0.2, 0) is 9.53 Å². The molecule has 110 valence electrons. The number of hydrogen-bond acceptors (Lipinski definition) is 3. The highest BCUT2D eigenvalue weighted by Gasteiger charge is 2.39. The molecule has 1 amide bonds. The summed E-state index contributed by atoms with van der Waals surface area (Å²) >= 11 is 0. The summed E-state index contributed by atoms with van der Waals surface area (Å²) in [6.45, 7) is 5.37. The van der Waals surface area contributed by atoms with Gasteiger partial charge in [0.05, 0.1) is 13.2 Å². The van der Waals surface area contributed by atoms with Crippen molar-refractivity contribution in [1.82, 2.24) is 9.80 Å². The summed E-state index contributed by atoms with van der Waals surface area (Å²) in [6, 6.07) is 0. The maximum atomic E-state index is 14.2. The van der Waals surface area contributed by atoms with Gasteiger partial charge in [0.15, 0.2) is 0 Å². The molecular formula is C14H25FN2O2. The summed E-state index contributed by atoms with van der Waals surface area (Å²) in [5, 5.41) is 0. The third kappa shape index (κ3) is 3.89. The molecule has 0 radical (unpaired) electrons. The van der Waals surface area contributed by atoms with E-state index in [0.29, 0.717) is 26.1 Å². The predicted octanol–water partition coefficient (Wildman–Crippen LogP) is 1.31. The molecule has 0 aromatic rings. The van der Waals surface area contributed by atoms with E-state index < -0.39 is 5.67 Å². The smallest absolute Gasteiger partial charge is 0.236 e. The summed E-state index contributed by atoms with van der Waals surface area (Å²) in [5.74, 6) is 0.865. The molecule has 0 aromatic carbocycles. The van der Waals surface area contributed by atoms with Gasteiger partial charge in [-0.05, 0) is 25.2 Å². The number of rotatable bonds is 4. The SMILES string of the molecule is COCC1(F)CCN(CC(=O)N2CCC(C)CC2)C1. The number of alkyl halides is 1.